The van der Waals surface area contributed by atoms with Crippen LogP contribution in [0.25, 0.3) is 0 Å². The number of benzene rings is 1. The lowest BCUT2D eigenvalue weighted by atomic mass is 9.99. The van der Waals surface area contributed by atoms with Crippen LogP contribution >= 0.6 is 0 Å². The number of esters is 1. The molecule has 1 aromatic heterocycles. The maximum atomic E-state index is 14.0. The highest BCUT2D eigenvalue weighted by Crippen LogP contribution is 2.46. The van der Waals surface area contributed by atoms with Crippen LogP contribution < -0.4 is 27.2 Å². The van der Waals surface area contributed by atoms with Gasteiger partial charge in [0.25, 0.3) is 5.56 Å². The lowest BCUT2D eigenvalue weighted by Gasteiger charge is -2.44. The van der Waals surface area contributed by atoms with Gasteiger partial charge in [-0.15, -0.1) is 0 Å². The van der Waals surface area contributed by atoms with Crippen LogP contribution in [0.1, 0.15) is 101 Å². The normalized spacial score (nSPS) is 20.3. The summed E-state index contributed by atoms with van der Waals surface area (Å²) in [6, 6.07) is 8.25. The number of carbonyl (C=O) groups excluding carboxylic acids is 3. The largest absolute Gasteiger partial charge is 0.459 e. The van der Waals surface area contributed by atoms with Gasteiger partial charge in [-0.2, -0.15) is 0 Å². The van der Waals surface area contributed by atoms with E-state index < -0.39 is 88.3 Å². The Balaban J connectivity index is 1.92. The molecule has 18 heteroatoms. The summed E-state index contributed by atoms with van der Waals surface area (Å²) in [6.07, 6.45) is -4.55. The predicted molar refractivity (Wildman–Crippen MR) is 244 cm³/mol. The highest BCUT2D eigenvalue weighted by Gasteiger charge is 2.57. The number of amides is 2. The van der Waals surface area contributed by atoms with E-state index in [9.17, 15) is 29.1 Å². The fourth-order valence-electron chi connectivity index (χ4n) is 6.27. The van der Waals surface area contributed by atoms with Crippen molar-refractivity contribution in [2.24, 2.45) is 5.92 Å². The lowest BCUT2D eigenvalue weighted by Crippen LogP contribution is -2.59. The molecule has 2 aromatic rings. The molecule has 1 fully saturated rings. The van der Waals surface area contributed by atoms with Crippen LogP contribution in [0.3, 0.4) is 0 Å². The Bertz CT molecular complexity index is 1900. The molecular weight excluding hydrogens is 831 g/mol. The first-order valence-corrected chi connectivity index (χ1v) is 27.5. The molecule has 0 radical (unpaired) electrons. The molecule has 16 nitrogen and oxygen atoms in total. The summed E-state index contributed by atoms with van der Waals surface area (Å²) in [6.45, 7) is 30.2. The van der Waals surface area contributed by atoms with E-state index in [0.29, 0.717) is 12.8 Å². The van der Waals surface area contributed by atoms with Crippen molar-refractivity contribution < 1.29 is 42.6 Å². The van der Waals surface area contributed by atoms with Gasteiger partial charge in [-0.1, -0.05) is 85.7 Å². The van der Waals surface area contributed by atoms with Gasteiger partial charge in [0.1, 0.15) is 48.7 Å². The van der Waals surface area contributed by atoms with Crippen molar-refractivity contribution in [1.29, 1.82) is 0 Å². The molecule has 1 aromatic carbocycles. The second-order valence-corrected chi connectivity index (χ2v) is 30.2. The number of nitrogens with zero attached hydrogens (tertiary/aromatic N) is 1. The Hall–Kier alpha value is -3.66. The maximum absolute atomic E-state index is 14.0. The van der Waals surface area contributed by atoms with Crippen LogP contribution in [0, 0.1) is 5.92 Å². The molecule has 0 unspecified atom stereocenters. The van der Waals surface area contributed by atoms with Gasteiger partial charge in [-0.25, -0.2) is 9.59 Å². The van der Waals surface area contributed by atoms with Gasteiger partial charge in [0, 0.05) is 18.8 Å². The van der Waals surface area contributed by atoms with Crippen molar-refractivity contribution in [3.05, 3.63) is 69.0 Å². The molecular formula is C44H75N5O11Si2. The molecule has 1 aliphatic rings. The Morgan fingerprint density at radius 2 is 1.45 bits per heavy atom. The molecule has 1 aliphatic heterocycles. The molecule has 350 valence electrons. The summed E-state index contributed by atoms with van der Waals surface area (Å²) in [5.74, 6) is -1.04. The predicted octanol–water partition coefficient (Wildman–Crippen LogP) is 5.72. The van der Waals surface area contributed by atoms with Gasteiger partial charge >= 0.3 is 17.8 Å². The minimum atomic E-state index is -2.68. The molecule has 62 heavy (non-hydrogen) atoms. The Labute approximate surface area is 369 Å². The van der Waals surface area contributed by atoms with E-state index in [2.05, 4.69) is 88.7 Å². The van der Waals surface area contributed by atoms with E-state index in [1.165, 1.54) is 16.8 Å². The molecule has 0 bridgehead atoms. The van der Waals surface area contributed by atoms with E-state index in [4.69, 9.17) is 23.1 Å². The van der Waals surface area contributed by atoms with Crippen LogP contribution in [0.4, 0.5) is 4.79 Å². The summed E-state index contributed by atoms with van der Waals surface area (Å²) in [5, 5.41) is 20.6. The monoisotopic (exact) mass is 906 g/mol. The van der Waals surface area contributed by atoms with Gasteiger partial charge in [0.15, 0.2) is 22.9 Å². The fraction of sp³-hybridized carbons (Fsp3) is 0.705. The van der Waals surface area contributed by atoms with Crippen molar-refractivity contribution in [3.63, 3.8) is 0 Å². The van der Waals surface area contributed by atoms with E-state index in [1.807, 2.05) is 44.2 Å². The number of alkyl carbamates (subject to hydrolysis) is 1. The van der Waals surface area contributed by atoms with Crippen molar-refractivity contribution in [1.82, 2.24) is 25.5 Å². The topological polar surface area (TPSA) is 209 Å². The van der Waals surface area contributed by atoms with Crippen molar-refractivity contribution >= 4 is 34.6 Å². The number of rotatable bonds is 19. The summed E-state index contributed by atoms with van der Waals surface area (Å²) in [5.41, 5.74) is -1.42. The number of H-pyrrole nitrogens is 1. The fourth-order valence-corrected chi connectivity index (χ4v) is 8.86. The number of ether oxygens (including phenoxy) is 3. The minimum absolute atomic E-state index is 0.0602. The lowest BCUT2D eigenvalue weighted by molar-refractivity contribution is -0.166. The van der Waals surface area contributed by atoms with Crippen LogP contribution in [-0.4, -0.2) is 104 Å². The van der Waals surface area contributed by atoms with Gasteiger partial charge in [-0.3, -0.25) is 23.9 Å². The van der Waals surface area contributed by atoms with Crippen LogP contribution in [-0.2, 0) is 39.3 Å². The highest BCUT2D eigenvalue weighted by atomic mass is 28.4. The number of nitrogens with one attached hydrogen (secondary N) is 4. The third-order valence-corrected chi connectivity index (χ3v) is 20.7. The standard InChI is InChI=1S/C44H75N5O11Si2/c1-28(2)26-30(47-41(55)56-27-29-20-17-16-18-21-29)37(52)46-24-19-23-45-32(39(53)58-42(3,4)5)33(51)34-35(59-61(12,13)43(6,7)8)36(60-62(14,15)44(9,10)11)38(57-34)49-25-22-31(50)48-40(49)54/h16-18,20-22,25,28,30,32-36,38,45,51H,19,23-24,26-27H2,1-15H3,(H,46,52)(H,47,55)(H,48,50,54)/t30-,32+,33-,34+,35+,36+,38+/m0/s1. The first-order valence-electron chi connectivity index (χ1n) is 21.7. The zero-order valence-electron chi connectivity index (χ0n) is 39.7. The number of aromatic nitrogens is 2. The molecule has 0 saturated carbocycles. The molecule has 5 N–H and O–H groups in total. The number of hydrogen-bond donors (Lipinski definition) is 5. The average Bonchev–Trinajstić information content (AvgIpc) is 3.45. The molecule has 1 saturated heterocycles. The van der Waals surface area contributed by atoms with Crippen LogP contribution in [0.15, 0.2) is 52.2 Å². The number of aromatic amines is 1. The van der Waals surface area contributed by atoms with E-state index >= 15 is 0 Å². The summed E-state index contributed by atoms with van der Waals surface area (Å²) in [7, 11) is -5.33. The second kappa shape index (κ2) is 21.3. The molecule has 2 heterocycles. The van der Waals surface area contributed by atoms with Gasteiger partial charge in [-0.05, 0) is 87.9 Å². The number of aliphatic hydroxyl groups excluding tert-OH is 1. The average molecular weight is 906 g/mol. The number of aliphatic hydroxyl groups is 1. The summed E-state index contributed by atoms with van der Waals surface area (Å²) < 4.78 is 33.2. The smallest absolute Gasteiger partial charge is 0.408 e. The third-order valence-electron chi connectivity index (χ3n) is 11.7. The Morgan fingerprint density at radius 1 is 0.871 bits per heavy atom. The summed E-state index contributed by atoms with van der Waals surface area (Å²) >= 11 is 0. The maximum Gasteiger partial charge on any atom is 0.408 e. The zero-order valence-corrected chi connectivity index (χ0v) is 41.7. The van der Waals surface area contributed by atoms with Crippen molar-refractivity contribution in [2.45, 2.75) is 180 Å². The highest BCUT2D eigenvalue weighted by molar-refractivity contribution is 6.74. The zero-order chi connectivity index (χ0) is 47.0. The minimum Gasteiger partial charge on any atom is -0.459 e. The van der Waals surface area contributed by atoms with Crippen molar-refractivity contribution in [3.8, 4) is 0 Å². The van der Waals surface area contributed by atoms with E-state index in [1.54, 1.807) is 20.8 Å². The van der Waals surface area contributed by atoms with Crippen molar-refractivity contribution in [2.75, 3.05) is 13.1 Å². The Morgan fingerprint density at radius 3 is 1.98 bits per heavy atom. The van der Waals surface area contributed by atoms with Gasteiger partial charge in [0.05, 0.1) is 0 Å². The molecule has 3 rings (SSSR count). The SMILES string of the molecule is CC(C)C[C@H](NC(=O)OCc1ccccc1)C(=O)NCCCN[C@@H](C(=O)OC(C)(C)C)[C@H](O)[C@H]1O[C@@H](n2ccc(=O)[nH]c2=O)[C@H](O[Si](C)(C)C(C)(C)C)[C@@H]1O[Si](C)(C)C(C)(C)C. The Kier molecular flexibility index (Phi) is 18.1. The number of carbonyl (C=O) groups is 3. The number of hydrogen-bond acceptors (Lipinski definition) is 12. The summed E-state index contributed by atoms with van der Waals surface area (Å²) in [4.78, 5) is 67.9. The first kappa shape index (κ1) is 52.7. The van der Waals surface area contributed by atoms with Gasteiger partial charge < -0.3 is 44.1 Å². The quantitative estimate of drug-likeness (QED) is 0.0652. The van der Waals surface area contributed by atoms with E-state index in [-0.39, 0.29) is 41.6 Å². The van der Waals surface area contributed by atoms with Gasteiger partial charge in [0.2, 0.25) is 5.91 Å². The van der Waals surface area contributed by atoms with Crippen LogP contribution in [0.5, 0.6) is 0 Å². The second-order valence-electron chi connectivity index (χ2n) is 20.7. The van der Waals surface area contributed by atoms with Crippen LogP contribution in [0.2, 0.25) is 36.3 Å². The molecule has 0 aliphatic carbocycles. The first-order chi connectivity index (χ1) is 28.4. The molecule has 0 spiro atoms. The molecule has 2 amide bonds. The third kappa shape index (κ3) is 15.0. The molecule has 7 atom stereocenters. The van der Waals surface area contributed by atoms with E-state index in [0.717, 1.165) is 5.56 Å².